The van der Waals surface area contributed by atoms with Crippen molar-refractivity contribution in [1.29, 1.82) is 0 Å². The average Bonchev–Trinajstić information content (AvgIpc) is 2.55. The zero-order chi connectivity index (χ0) is 19.1. The van der Waals surface area contributed by atoms with E-state index in [0.717, 1.165) is 28.3 Å². The number of carbonyl (C=O) groups is 1. The molecule has 0 radical (unpaired) electrons. The second-order valence-electron chi connectivity index (χ2n) is 5.99. The first kappa shape index (κ1) is 18.1. The number of nitrogens with one attached hydrogen (secondary N) is 1. The number of ether oxygens (including phenoxy) is 1. The van der Waals surface area contributed by atoms with Gasteiger partial charge >= 0.3 is 0 Å². The SMILES string of the molecule is Cc1ccc2c(c1)N(S(C)(=O)=O)CC(C(=O)Nc1ccc(F)cc1F)O2. The van der Waals surface area contributed by atoms with Crippen molar-refractivity contribution in [2.75, 3.05) is 22.4 Å². The van der Waals surface area contributed by atoms with Crippen molar-refractivity contribution in [2.45, 2.75) is 13.0 Å². The molecule has 6 nitrogen and oxygen atoms in total. The zero-order valence-electron chi connectivity index (χ0n) is 14.0. The van der Waals surface area contributed by atoms with E-state index in [0.29, 0.717) is 11.8 Å². The molecule has 2 aromatic rings. The van der Waals surface area contributed by atoms with Gasteiger partial charge in [0.2, 0.25) is 10.0 Å². The molecule has 1 heterocycles. The van der Waals surface area contributed by atoms with E-state index in [1.165, 1.54) is 0 Å². The van der Waals surface area contributed by atoms with Gasteiger partial charge in [0.1, 0.15) is 17.4 Å². The van der Waals surface area contributed by atoms with Crippen LogP contribution in [0.2, 0.25) is 0 Å². The molecule has 0 bridgehead atoms. The number of anilines is 2. The molecule has 0 aromatic heterocycles. The van der Waals surface area contributed by atoms with Gasteiger partial charge in [-0.3, -0.25) is 9.10 Å². The maximum absolute atomic E-state index is 13.7. The summed E-state index contributed by atoms with van der Waals surface area (Å²) in [6.45, 7) is 1.54. The summed E-state index contributed by atoms with van der Waals surface area (Å²) in [6, 6.07) is 7.65. The lowest BCUT2D eigenvalue weighted by Crippen LogP contribution is -2.48. The molecule has 1 N–H and O–H groups in total. The van der Waals surface area contributed by atoms with Crippen LogP contribution in [0, 0.1) is 18.6 Å². The topological polar surface area (TPSA) is 75.7 Å². The van der Waals surface area contributed by atoms with Gasteiger partial charge in [-0.1, -0.05) is 6.07 Å². The number of rotatable bonds is 3. The molecular formula is C17H16F2N2O4S. The largest absolute Gasteiger partial charge is 0.476 e. The molecule has 0 saturated carbocycles. The summed E-state index contributed by atoms with van der Waals surface area (Å²) in [6.07, 6.45) is -0.164. The van der Waals surface area contributed by atoms with Crippen LogP contribution in [0.3, 0.4) is 0 Å². The van der Waals surface area contributed by atoms with Crippen LogP contribution in [0.15, 0.2) is 36.4 Å². The minimum Gasteiger partial charge on any atom is -0.476 e. The van der Waals surface area contributed by atoms with Crippen LogP contribution in [0.25, 0.3) is 0 Å². The lowest BCUT2D eigenvalue weighted by molar-refractivity contribution is -0.122. The Morgan fingerprint density at radius 1 is 1.23 bits per heavy atom. The molecule has 138 valence electrons. The molecule has 1 unspecified atom stereocenters. The number of nitrogens with zero attached hydrogens (tertiary/aromatic N) is 1. The molecule has 2 aromatic carbocycles. The highest BCUT2D eigenvalue weighted by Gasteiger charge is 2.35. The number of halogens is 2. The van der Waals surface area contributed by atoms with Crippen molar-refractivity contribution < 1.29 is 26.7 Å². The molecule has 0 saturated heterocycles. The Hall–Kier alpha value is -2.68. The molecule has 1 aliphatic rings. The molecule has 26 heavy (non-hydrogen) atoms. The van der Waals surface area contributed by atoms with Crippen molar-refractivity contribution in [2.24, 2.45) is 0 Å². The smallest absolute Gasteiger partial charge is 0.267 e. The molecule has 1 amide bonds. The van der Waals surface area contributed by atoms with Crippen molar-refractivity contribution in [1.82, 2.24) is 0 Å². The zero-order valence-corrected chi connectivity index (χ0v) is 14.8. The highest BCUT2D eigenvalue weighted by molar-refractivity contribution is 7.92. The second kappa shape index (κ2) is 6.56. The van der Waals surface area contributed by atoms with Crippen LogP contribution >= 0.6 is 0 Å². The van der Waals surface area contributed by atoms with Crippen molar-refractivity contribution in [3.8, 4) is 5.75 Å². The third-order valence-electron chi connectivity index (χ3n) is 3.87. The van der Waals surface area contributed by atoms with E-state index in [9.17, 15) is 22.0 Å². The molecule has 1 atom stereocenters. The Labute approximate surface area is 149 Å². The van der Waals surface area contributed by atoms with Gasteiger partial charge in [-0.2, -0.15) is 0 Å². The molecule has 0 spiro atoms. The van der Waals surface area contributed by atoms with Crippen molar-refractivity contribution in [3.63, 3.8) is 0 Å². The van der Waals surface area contributed by atoms with Gasteiger partial charge in [-0.25, -0.2) is 17.2 Å². The van der Waals surface area contributed by atoms with Gasteiger partial charge in [-0.05, 0) is 36.8 Å². The first-order valence-corrected chi connectivity index (χ1v) is 9.51. The van der Waals surface area contributed by atoms with E-state index in [4.69, 9.17) is 4.74 Å². The number of amides is 1. The van der Waals surface area contributed by atoms with Crippen molar-refractivity contribution in [3.05, 3.63) is 53.6 Å². The van der Waals surface area contributed by atoms with Crippen LogP contribution in [0.5, 0.6) is 5.75 Å². The highest BCUT2D eigenvalue weighted by atomic mass is 32.2. The standard InChI is InChI=1S/C17H16F2N2O4S/c1-10-3-6-15-14(7-10)21(26(2,23)24)9-16(25-15)17(22)20-13-5-4-11(18)8-12(13)19/h3-8,16H,9H2,1-2H3,(H,20,22). The van der Waals surface area contributed by atoms with E-state index < -0.39 is 33.7 Å². The molecule has 9 heteroatoms. The summed E-state index contributed by atoms with van der Waals surface area (Å²) in [7, 11) is -3.66. The summed E-state index contributed by atoms with van der Waals surface area (Å²) in [4.78, 5) is 12.4. The number of sulfonamides is 1. The van der Waals surface area contributed by atoms with E-state index in [1.54, 1.807) is 25.1 Å². The lowest BCUT2D eigenvalue weighted by atomic mass is 10.1. The predicted molar refractivity (Wildman–Crippen MR) is 92.8 cm³/mol. The van der Waals surface area contributed by atoms with Gasteiger partial charge in [0.15, 0.2) is 6.10 Å². The van der Waals surface area contributed by atoms with Crippen LogP contribution < -0.4 is 14.4 Å². The minimum absolute atomic E-state index is 0.222. The first-order valence-electron chi connectivity index (χ1n) is 7.66. The molecule has 0 fully saturated rings. The fraction of sp³-hybridized carbons (Fsp3) is 0.235. The van der Waals surface area contributed by atoms with Crippen molar-refractivity contribution >= 4 is 27.3 Å². The van der Waals surface area contributed by atoms with Crippen LogP contribution in [0.1, 0.15) is 5.56 Å². The van der Waals surface area contributed by atoms with E-state index in [-0.39, 0.29) is 18.0 Å². The molecular weight excluding hydrogens is 366 g/mol. The van der Waals surface area contributed by atoms with E-state index in [1.807, 2.05) is 0 Å². The Morgan fingerprint density at radius 3 is 2.62 bits per heavy atom. The molecule has 3 rings (SSSR count). The second-order valence-corrected chi connectivity index (χ2v) is 7.89. The maximum atomic E-state index is 13.7. The Balaban J connectivity index is 1.89. The first-order chi connectivity index (χ1) is 12.1. The van der Waals surface area contributed by atoms with Gasteiger partial charge in [0, 0.05) is 6.07 Å². The Bertz CT molecular complexity index is 979. The van der Waals surface area contributed by atoms with Gasteiger partial charge in [-0.15, -0.1) is 0 Å². The summed E-state index contributed by atoms with van der Waals surface area (Å²) < 4.78 is 57.6. The third kappa shape index (κ3) is 3.62. The summed E-state index contributed by atoms with van der Waals surface area (Å²) in [5, 5.41) is 2.29. The average molecular weight is 382 g/mol. The van der Waals surface area contributed by atoms with Gasteiger partial charge in [0.05, 0.1) is 24.2 Å². The van der Waals surface area contributed by atoms with E-state index >= 15 is 0 Å². The van der Waals surface area contributed by atoms with Crippen LogP contribution in [-0.2, 0) is 14.8 Å². The highest BCUT2D eigenvalue weighted by Crippen LogP contribution is 2.36. The minimum atomic E-state index is -3.66. The Morgan fingerprint density at radius 2 is 1.96 bits per heavy atom. The number of hydrogen-bond donors (Lipinski definition) is 1. The number of hydrogen-bond acceptors (Lipinski definition) is 4. The lowest BCUT2D eigenvalue weighted by Gasteiger charge is -2.34. The number of carbonyl (C=O) groups excluding carboxylic acids is 1. The molecule has 0 aliphatic carbocycles. The summed E-state index contributed by atoms with van der Waals surface area (Å²) in [5.74, 6) is -2.23. The normalized spacial score (nSPS) is 16.6. The quantitative estimate of drug-likeness (QED) is 0.885. The Kier molecular flexibility index (Phi) is 4.57. The van der Waals surface area contributed by atoms with Gasteiger partial charge < -0.3 is 10.1 Å². The van der Waals surface area contributed by atoms with Crippen LogP contribution in [-0.4, -0.2) is 33.2 Å². The fourth-order valence-electron chi connectivity index (χ4n) is 2.62. The maximum Gasteiger partial charge on any atom is 0.267 e. The third-order valence-corrected chi connectivity index (χ3v) is 5.01. The van der Waals surface area contributed by atoms with Gasteiger partial charge in [0.25, 0.3) is 5.91 Å². The number of fused-ring (bicyclic) bond motifs is 1. The van der Waals surface area contributed by atoms with Crippen LogP contribution in [0.4, 0.5) is 20.2 Å². The van der Waals surface area contributed by atoms with E-state index in [2.05, 4.69) is 5.32 Å². The summed E-state index contributed by atoms with van der Waals surface area (Å²) in [5.41, 5.74) is 0.947. The summed E-state index contributed by atoms with van der Waals surface area (Å²) >= 11 is 0. The number of benzene rings is 2. The fourth-order valence-corrected chi connectivity index (χ4v) is 3.52. The number of aryl methyl sites for hydroxylation is 1. The molecule has 1 aliphatic heterocycles. The predicted octanol–water partition coefficient (Wildman–Crippen LogP) is 2.44. The monoisotopic (exact) mass is 382 g/mol.